The molecular weight excluding hydrogens is 324 g/mol. The van der Waals surface area contributed by atoms with Crippen molar-refractivity contribution in [3.05, 3.63) is 53.7 Å². The summed E-state index contributed by atoms with van der Waals surface area (Å²) >= 11 is 1.59. The van der Waals surface area contributed by atoms with Gasteiger partial charge in [-0.2, -0.15) is 0 Å². The molecule has 0 spiro atoms. The molecule has 6 heteroatoms. The van der Waals surface area contributed by atoms with Crippen LogP contribution in [0, 0.1) is 5.92 Å². The van der Waals surface area contributed by atoms with Crippen molar-refractivity contribution in [3.63, 3.8) is 0 Å². The van der Waals surface area contributed by atoms with E-state index in [1.165, 1.54) is 0 Å². The molecule has 0 saturated heterocycles. The maximum atomic E-state index is 11.7. The molecule has 4 rings (SSSR count). The number of thiophene rings is 1. The molecule has 1 N–H and O–H groups in total. The molecule has 0 atom stereocenters. The van der Waals surface area contributed by atoms with Gasteiger partial charge in [0.2, 0.25) is 11.8 Å². The summed E-state index contributed by atoms with van der Waals surface area (Å²) in [7, 11) is 0. The van der Waals surface area contributed by atoms with E-state index in [9.17, 15) is 4.79 Å². The fraction of sp³-hybridized carbons (Fsp3) is 0.222. The van der Waals surface area contributed by atoms with E-state index in [1.54, 1.807) is 17.6 Å². The highest BCUT2D eigenvalue weighted by Crippen LogP contribution is 2.30. The molecule has 24 heavy (non-hydrogen) atoms. The molecule has 1 aromatic carbocycles. The van der Waals surface area contributed by atoms with Crippen molar-refractivity contribution in [2.45, 2.75) is 19.4 Å². The van der Waals surface area contributed by atoms with Crippen molar-refractivity contribution in [2.24, 2.45) is 5.92 Å². The Morgan fingerprint density at radius 3 is 2.83 bits per heavy atom. The monoisotopic (exact) mass is 340 g/mol. The third-order valence-corrected chi connectivity index (χ3v) is 4.60. The van der Waals surface area contributed by atoms with E-state index in [2.05, 4.69) is 10.3 Å². The fourth-order valence-electron chi connectivity index (χ4n) is 2.27. The van der Waals surface area contributed by atoms with Gasteiger partial charge in [-0.05, 0) is 48.6 Å². The highest BCUT2D eigenvalue weighted by atomic mass is 32.1. The van der Waals surface area contributed by atoms with Gasteiger partial charge in [0.25, 0.3) is 0 Å². The molecule has 1 amide bonds. The number of amides is 1. The van der Waals surface area contributed by atoms with Crippen LogP contribution >= 0.6 is 11.3 Å². The Hall–Kier alpha value is -2.60. The Kier molecular flexibility index (Phi) is 4.04. The van der Waals surface area contributed by atoms with Crippen molar-refractivity contribution in [3.8, 4) is 16.5 Å². The minimum atomic E-state index is 0.104. The van der Waals surface area contributed by atoms with Gasteiger partial charge < -0.3 is 14.5 Å². The number of nitrogens with one attached hydrogen (secondary N) is 1. The molecule has 2 heterocycles. The van der Waals surface area contributed by atoms with Crippen molar-refractivity contribution in [1.29, 1.82) is 0 Å². The van der Waals surface area contributed by atoms with Crippen LogP contribution in [0.15, 0.2) is 52.5 Å². The van der Waals surface area contributed by atoms with E-state index >= 15 is 0 Å². The lowest BCUT2D eigenvalue weighted by molar-refractivity contribution is -0.117. The summed E-state index contributed by atoms with van der Waals surface area (Å²) in [5.74, 6) is 1.64. The Bertz CT molecular complexity index is 820. The molecule has 1 saturated carbocycles. The molecule has 0 unspecified atom stereocenters. The Balaban J connectivity index is 1.33. The number of oxazole rings is 1. The van der Waals surface area contributed by atoms with E-state index in [0.29, 0.717) is 12.5 Å². The van der Waals surface area contributed by atoms with Crippen LogP contribution in [0.2, 0.25) is 0 Å². The average Bonchev–Trinajstić information content (AvgIpc) is 3.11. The summed E-state index contributed by atoms with van der Waals surface area (Å²) in [6, 6.07) is 11.3. The molecule has 0 aliphatic heterocycles. The van der Waals surface area contributed by atoms with Crippen LogP contribution in [0.4, 0.5) is 5.69 Å². The number of rotatable bonds is 6. The number of hydrogen-bond donors (Lipinski definition) is 1. The lowest BCUT2D eigenvalue weighted by Gasteiger charge is -2.07. The first-order valence-corrected chi connectivity index (χ1v) is 8.68. The van der Waals surface area contributed by atoms with Gasteiger partial charge in [-0.3, -0.25) is 4.79 Å². The number of benzene rings is 1. The van der Waals surface area contributed by atoms with Crippen LogP contribution in [0.3, 0.4) is 0 Å². The van der Waals surface area contributed by atoms with Gasteiger partial charge in [-0.15, -0.1) is 11.3 Å². The normalized spacial score (nSPS) is 13.7. The van der Waals surface area contributed by atoms with Crippen molar-refractivity contribution in [1.82, 2.24) is 4.98 Å². The smallest absolute Gasteiger partial charge is 0.236 e. The van der Waals surface area contributed by atoms with Gasteiger partial charge in [0.05, 0.1) is 4.88 Å². The van der Waals surface area contributed by atoms with Crippen LogP contribution in [0.5, 0.6) is 5.75 Å². The number of anilines is 1. The minimum absolute atomic E-state index is 0.104. The number of aromatic nitrogens is 1. The molecular formula is C18H16N2O3S. The number of hydrogen-bond acceptors (Lipinski definition) is 5. The largest absolute Gasteiger partial charge is 0.487 e. The molecule has 1 aliphatic rings. The van der Waals surface area contributed by atoms with Crippen molar-refractivity contribution >= 4 is 22.9 Å². The minimum Gasteiger partial charge on any atom is -0.487 e. The number of nitrogens with zero attached hydrogens (tertiary/aromatic N) is 1. The van der Waals surface area contributed by atoms with E-state index < -0.39 is 0 Å². The Morgan fingerprint density at radius 1 is 1.29 bits per heavy atom. The van der Waals surface area contributed by atoms with E-state index in [-0.39, 0.29) is 11.8 Å². The number of ether oxygens (including phenoxy) is 1. The van der Waals surface area contributed by atoms with Crippen molar-refractivity contribution in [2.75, 3.05) is 5.32 Å². The molecule has 122 valence electrons. The Morgan fingerprint density at radius 2 is 2.12 bits per heavy atom. The lowest BCUT2D eigenvalue weighted by atomic mass is 10.3. The maximum Gasteiger partial charge on any atom is 0.236 e. The van der Waals surface area contributed by atoms with E-state index in [1.807, 2.05) is 41.8 Å². The first-order chi connectivity index (χ1) is 11.8. The van der Waals surface area contributed by atoms with Crippen LogP contribution in [0.1, 0.15) is 18.5 Å². The van der Waals surface area contributed by atoms with Gasteiger partial charge in [-0.25, -0.2) is 4.98 Å². The zero-order valence-electron chi connectivity index (χ0n) is 12.9. The van der Waals surface area contributed by atoms with Crippen LogP contribution in [-0.2, 0) is 11.4 Å². The molecule has 0 radical (unpaired) electrons. The summed E-state index contributed by atoms with van der Waals surface area (Å²) in [5, 5.41) is 4.89. The molecule has 1 aliphatic carbocycles. The lowest BCUT2D eigenvalue weighted by Crippen LogP contribution is -2.13. The van der Waals surface area contributed by atoms with E-state index in [4.69, 9.17) is 9.15 Å². The molecule has 3 aromatic rings. The van der Waals surface area contributed by atoms with Gasteiger partial charge in [0.1, 0.15) is 24.3 Å². The third-order valence-electron chi connectivity index (χ3n) is 3.74. The highest BCUT2D eigenvalue weighted by Gasteiger charge is 2.29. The maximum absolute atomic E-state index is 11.7. The second-order valence-electron chi connectivity index (χ2n) is 5.70. The molecule has 2 aromatic heterocycles. The second-order valence-corrected chi connectivity index (χ2v) is 6.65. The standard InChI is InChI=1S/C18H16N2O3S/c21-17(12-3-4-12)19-13-5-7-15(8-6-13)22-10-14-11-23-18(20-14)16-2-1-9-24-16/h1-2,5-9,11-12H,3-4,10H2,(H,19,21). The van der Waals surface area contributed by atoms with Crippen LogP contribution in [0.25, 0.3) is 10.8 Å². The zero-order chi connectivity index (χ0) is 16.4. The first-order valence-electron chi connectivity index (χ1n) is 7.80. The Labute approximate surface area is 143 Å². The topological polar surface area (TPSA) is 64.4 Å². The fourth-order valence-corrected chi connectivity index (χ4v) is 2.92. The van der Waals surface area contributed by atoms with Crippen LogP contribution < -0.4 is 10.1 Å². The summed E-state index contributed by atoms with van der Waals surface area (Å²) < 4.78 is 11.2. The van der Waals surface area contributed by atoms with E-state index in [0.717, 1.165) is 34.8 Å². The van der Waals surface area contributed by atoms with Crippen molar-refractivity contribution < 1.29 is 13.9 Å². The number of carbonyl (C=O) groups is 1. The summed E-state index contributed by atoms with van der Waals surface area (Å²) in [5.41, 5.74) is 1.53. The quantitative estimate of drug-likeness (QED) is 0.725. The van der Waals surface area contributed by atoms with Gasteiger partial charge in [0.15, 0.2) is 0 Å². The second kappa shape index (κ2) is 6.49. The third kappa shape index (κ3) is 3.49. The number of carbonyl (C=O) groups excluding carboxylic acids is 1. The van der Waals surface area contributed by atoms with Gasteiger partial charge >= 0.3 is 0 Å². The zero-order valence-corrected chi connectivity index (χ0v) is 13.7. The van der Waals surface area contributed by atoms with Gasteiger partial charge in [-0.1, -0.05) is 6.07 Å². The average molecular weight is 340 g/mol. The predicted molar refractivity (Wildman–Crippen MR) is 91.9 cm³/mol. The molecule has 1 fully saturated rings. The summed E-state index contributed by atoms with van der Waals surface area (Å²) in [6.07, 6.45) is 3.61. The SMILES string of the molecule is O=C(Nc1ccc(OCc2coc(-c3cccs3)n2)cc1)C1CC1. The highest BCUT2D eigenvalue weighted by molar-refractivity contribution is 7.13. The van der Waals surface area contributed by atoms with Crippen LogP contribution in [-0.4, -0.2) is 10.9 Å². The molecule has 0 bridgehead atoms. The molecule has 5 nitrogen and oxygen atoms in total. The summed E-state index contributed by atoms with van der Waals surface area (Å²) in [6.45, 7) is 0.336. The first kappa shape index (κ1) is 15.0. The summed E-state index contributed by atoms with van der Waals surface area (Å²) in [4.78, 5) is 17.1. The predicted octanol–water partition coefficient (Wildman–Crippen LogP) is 4.33. The van der Waals surface area contributed by atoms with Gasteiger partial charge in [0, 0.05) is 11.6 Å².